The predicted octanol–water partition coefficient (Wildman–Crippen LogP) is 1.19. The second-order valence-corrected chi connectivity index (χ2v) is 5.54. The first-order chi connectivity index (χ1) is 8.63. The first-order valence-corrected chi connectivity index (χ1v) is 7.32. The van der Waals surface area contributed by atoms with E-state index in [2.05, 4.69) is 30.7 Å². The quantitative estimate of drug-likeness (QED) is 0.696. The van der Waals surface area contributed by atoms with Crippen molar-refractivity contribution in [3.8, 4) is 0 Å². The minimum Gasteiger partial charge on any atom is -0.389 e. The van der Waals surface area contributed by atoms with Crippen LogP contribution in [-0.2, 0) is 4.74 Å². The van der Waals surface area contributed by atoms with E-state index >= 15 is 0 Å². The monoisotopic (exact) mass is 258 g/mol. The molecule has 0 aliphatic carbocycles. The minimum atomic E-state index is -0.354. The number of aliphatic hydroxyl groups is 1. The van der Waals surface area contributed by atoms with Crippen molar-refractivity contribution in [2.75, 3.05) is 46.4 Å². The van der Waals surface area contributed by atoms with E-state index in [4.69, 9.17) is 4.74 Å². The number of aliphatic hydroxyl groups excluding tert-OH is 1. The predicted molar refractivity (Wildman–Crippen MR) is 74.9 cm³/mol. The first kappa shape index (κ1) is 15.9. The standard InChI is InChI=1S/C14H30N2O2/c1-4-5-9-18-12-14(17)11-16-8-6-7-15(3)10-13(16)2/h13-14,17H,4-12H2,1-3H3. The summed E-state index contributed by atoms with van der Waals surface area (Å²) < 4.78 is 5.48. The number of hydrogen-bond donors (Lipinski definition) is 1. The minimum absolute atomic E-state index is 0.354. The number of β-amino-alcohol motifs (C(OH)–C–C–N with tert-alkyl or cyclic N) is 1. The van der Waals surface area contributed by atoms with Crippen LogP contribution in [0, 0.1) is 0 Å². The van der Waals surface area contributed by atoms with Gasteiger partial charge < -0.3 is 14.7 Å². The number of nitrogens with zero attached hydrogens (tertiary/aromatic N) is 2. The molecule has 0 aromatic rings. The van der Waals surface area contributed by atoms with Crippen molar-refractivity contribution in [3.05, 3.63) is 0 Å². The normalized spacial score (nSPS) is 25.0. The van der Waals surface area contributed by atoms with Gasteiger partial charge in [-0.3, -0.25) is 4.90 Å². The maximum atomic E-state index is 10.00. The molecule has 2 unspecified atom stereocenters. The fourth-order valence-electron chi connectivity index (χ4n) is 2.48. The summed E-state index contributed by atoms with van der Waals surface area (Å²) in [7, 11) is 2.17. The Morgan fingerprint density at radius 1 is 1.39 bits per heavy atom. The van der Waals surface area contributed by atoms with Crippen molar-refractivity contribution in [1.82, 2.24) is 9.80 Å². The van der Waals surface area contributed by atoms with Crippen LogP contribution in [-0.4, -0.2) is 73.5 Å². The highest BCUT2D eigenvalue weighted by molar-refractivity contribution is 4.77. The van der Waals surface area contributed by atoms with Crippen LogP contribution in [0.1, 0.15) is 33.1 Å². The number of ether oxygens (including phenoxy) is 1. The van der Waals surface area contributed by atoms with Crippen LogP contribution in [0.25, 0.3) is 0 Å². The molecule has 4 heteroatoms. The van der Waals surface area contributed by atoms with Crippen molar-refractivity contribution >= 4 is 0 Å². The lowest BCUT2D eigenvalue weighted by molar-refractivity contribution is 0.00967. The number of rotatable bonds is 7. The molecule has 2 atom stereocenters. The number of hydrogen-bond acceptors (Lipinski definition) is 4. The van der Waals surface area contributed by atoms with Gasteiger partial charge in [0.1, 0.15) is 0 Å². The highest BCUT2D eigenvalue weighted by Crippen LogP contribution is 2.09. The molecule has 18 heavy (non-hydrogen) atoms. The molecule has 0 bridgehead atoms. The van der Waals surface area contributed by atoms with Gasteiger partial charge in [-0.1, -0.05) is 13.3 Å². The fraction of sp³-hybridized carbons (Fsp3) is 1.00. The molecule has 108 valence electrons. The summed E-state index contributed by atoms with van der Waals surface area (Å²) in [5.74, 6) is 0. The highest BCUT2D eigenvalue weighted by atomic mass is 16.5. The van der Waals surface area contributed by atoms with Gasteiger partial charge in [0.15, 0.2) is 0 Å². The van der Waals surface area contributed by atoms with E-state index < -0.39 is 0 Å². The molecule has 0 spiro atoms. The molecule has 1 aliphatic heterocycles. The zero-order chi connectivity index (χ0) is 13.4. The molecule has 1 fully saturated rings. The van der Waals surface area contributed by atoms with Crippen LogP contribution < -0.4 is 0 Å². The van der Waals surface area contributed by atoms with E-state index in [1.165, 1.54) is 6.42 Å². The van der Waals surface area contributed by atoms with Gasteiger partial charge in [-0.25, -0.2) is 0 Å². The van der Waals surface area contributed by atoms with E-state index in [0.717, 1.165) is 45.6 Å². The third-order valence-electron chi connectivity index (χ3n) is 3.58. The SMILES string of the molecule is CCCCOCC(O)CN1CCCN(C)CC1C. The summed E-state index contributed by atoms with van der Waals surface area (Å²) in [5.41, 5.74) is 0. The Balaban J connectivity index is 2.22. The molecule has 1 rings (SSSR count). The van der Waals surface area contributed by atoms with E-state index in [0.29, 0.717) is 12.6 Å². The third kappa shape index (κ3) is 6.14. The molecule has 4 nitrogen and oxygen atoms in total. The van der Waals surface area contributed by atoms with Crippen LogP contribution in [0.4, 0.5) is 0 Å². The first-order valence-electron chi connectivity index (χ1n) is 7.32. The summed E-state index contributed by atoms with van der Waals surface area (Å²) in [5, 5.41) is 10.00. The van der Waals surface area contributed by atoms with Crippen LogP contribution in [0.15, 0.2) is 0 Å². The lowest BCUT2D eigenvalue weighted by Gasteiger charge is -2.29. The van der Waals surface area contributed by atoms with Gasteiger partial charge in [0.25, 0.3) is 0 Å². The van der Waals surface area contributed by atoms with Crippen molar-refractivity contribution in [2.45, 2.75) is 45.3 Å². The van der Waals surface area contributed by atoms with E-state index in [-0.39, 0.29) is 6.10 Å². The van der Waals surface area contributed by atoms with Gasteiger partial charge in [-0.05, 0) is 39.9 Å². The van der Waals surface area contributed by atoms with Crippen LogP contribution in [0.3, 0.4) is 0 Å². The topological polar surface area (TPSA) is 35.9 Å². The molecule has 1 aliphatic rings. The molecular formula is C14H30N2O2. The summed E-state index contributed by atoms with van der Waals surface area (Å²) in [6, 6.07) is 0.516. The Bertz CT molecular complexity index is 214. The van der Waals surface area contributed by atoms with E-state index in [1.807, 2.05) is 0 Å². The molecule has 1 N–H and O–H groups in total. The third-order valence-corrected chi connectivity index (χ3v) is 3.58. The molecule has 0 radical (unpaired) electrons. The van der Waals surface area contributed by atoms with Crippen molar-refractivity contribution in [3.63, 3.8) is 0 Å². The highest BCUT2D eigenvalue weighted by Gasteiger charge is 2.21. The molecule has 1 saturated heterocycles. The Kier molecular flexibility index (Phi) is 7.82. The zero-order valence-corrected chi connectivity index (χ0v) is 12.3. The second kappa shape index (κ2) is 8.86. The lowest BCUT2D eigenvalue weighted by Crippen LogP contribution is -2.43. The molecule has 0 amide bonds. The molecule has 0 saturated carbocycles. The maximum absolute atomic E-state index is 10.00. The van der Waals surface area contributed by atoms with E-state index in [9.17, 15) is 5.11 Å². The summed E-state index contributed by atoms with van der Waals surface area (Å²) >= 11 is 0. The van der Waals surface area contributed by atoms with Crippen LogP contribution >= 0.6 is 0 Å². The smallest absolute Gasteiger partial charge is 0.0900 e. The van der Waals surface area contributed by atoms with Crippen molar-refractivity contribution < 1.29 is 9.84 Å². The average Bonchev–Trinajstić information content (AvgIpc) is 2.47. The van der Waals surface area contributed by atoms with Gasteiger partial charge in [-0.2, -0.15) is 0 Å². The second-order valence-electron chi connectivity index (χ2n) is 5.54. The maximum Gasteiger partial charge on any atom is 0.0900 e. The average molecular weight is 258 g/mol. The van der Waals surface area contributed by atoms with Gasteiger partial charge in [0.2, 0.25) is 0 Å². The number of unbranched alkanes of at least 4 members (excludes halogenated alkanes) is 1. The van der Waals surface area contributed by atoms with Gasteiger partial charge in [0.05, 0.1) is 12.7 Å². The van der Waals surface area contributed by atoms with Crippen LogP contribution in [0.5, 0.6) is 0 Å². The molecule has 0 aromatic heterocycles. The summed E-state index contributed by atoms with van der Waals surface area (Å²) in [4.78, 5) is 4.76. The molecule has 0 aromatic carbocycles. The Hall–Kier alpha value is -0.160. The zero-order valence-electron chi connectivity index (χ0n) is 12.3. The van der Waals surface area contributed by atoms with Gasteiger partial charge in [-0.15, -0.1) is 0 Å². The Morgan fingerprint density at radius 2 is 2.17 bits per heavy atom. The summed E-state index contributed by atoms with van der Waals surface area (Å²) in [6.45, 7) is 9.69. The van der Waals surface area contributed by atoms with Crippen molar-refractivity contribution in [2.24, 2.45) is 0 Å². The fourth-order valence-corrected chi connectivity index (χ4v) is 2.48. The number of likely N-dealkylation sites (N-methyl/N-ethyl adjacent to an activating group) is 1. The van der Waals surface area contributed by atoms with Gasteiger partial charge in [0, 0.05) is 25.7 Å². The van der Waals surface area contributed by atoms with Crippen molar-refractivity contribution in [1.29, 1.82) is 0 Å². The Labute approximate surface area is 112 Å². The van der Waals surface area contributed by atoms with Gasteiger partial charge >= 0.3 is 0 Å². The largest absolute Gasteiger partial charge is 0.389 e. The summed E-state index contributed by atoms with van der Waals surface area (Å²) in [6.07, 6.45) is 3.06. The molecule has 1 heterocycles. The lowest BCUT2D eigenvalue weighted by atomic mass is 10.2. The van der Waals surface area contributed by atoms with E-state index in [1.54, 1.807) is 0 Å². The Morgan fingerprint density at radius 3 is 2.89 bits per heavy atom. The molecular weight excluding hydrogens is 228 g/mol. The van der Waals surface area contributed by atoms with Crippen LogP contribution in [0.2, 0.25) is 0 Å².